The third kappa shape index (κ3) is 5.43. The van der Waals surface area contributed by atoms with Gasteiger partial charge in [-0.05, 0) is 17.2 Å². The van der Waals surface area contributed by atoms with Gasteiger partial charge in [0.05, 0.1) is 7.11 Å². The molecule has 0 fully saturated rings. The van der Waals surface area contributed by atoms with Crippen LogP contribution in [0.2, 0.25) is 5.02 Å². The van der Waals surface area contributed by atoms with Gasteiger partial charge in [-0.1, -0.05) is 60.1 Å². The fraction of sp³-hybridized carbons (Fsp3) is 0.227. The lowest BCUT2D eigenvalue weighted by Crippen LogP contribution is -2.18. The van der Waals surface area contributed by atoms with Crippen molar-refractivity contribution in [2.45, 2.75) is 17.3 Å². The van der Waals surface area contributed by atoms with Gasteiger partial charge in [0, 0.05) is 31.4 Å². The average Bonchev–Trinajstić information content (AvgIpc) is 2.76. The second-order valence-corrected chi connectivity index (χ2v) is 8.03. The molecule has 1 heterocycles. The van der Waals surface area contributed by atoms with E-state index in [4.69, 9.17) is 16.3 Å². The molecule has 2 aromatic carbocycles. The number of anilines is 2. The van der Waals surface area contributed by atoms with Crippen LogP contribution in [0, 0.1) is 0 Å². The molecule has 0 spiro atoms. The lowest BCUT2D eigenvalue weighted by atomic mass is 10.2. The minimum Gasteiger partial charge on any atom is -0.465 e. The van der Waals surface area contributed by atoms with Crippen LogP contribution >= 0.6 is 23.4 Å². The quantitative estimate of drug-likeness (QED) is 0.302. The van der Waals surface area contributed by atoms with E-state index in [1.54, 1.807) is 4.90 Å². The van der Waals surface area contributed by atoms with Crippen LogP contribution in [-0.4, -0.2) is 37.1 Å². The Bertz CT molecular complexity index is 1020. The Kier molecular flexibility index (Phi) is 7.54. The van der Waals surface area contributed by atoms with E-state index >= 15 is 0 Å². The summed E-state index contributed by atoms with van der Waals surface area (Å²) in [5.74, 6) is 1.09. The number of thioether (sulfide) groups is 1. The number of hydrogen-bond donors (Lipinski definition) is 1. The Morgan fingerprint density at radius 2 is 1.80 bits per heavy atom. The summed E-state index contributed by atoms with van der Waals surface area (Å²) in [5, 5.41) is 4.45. The molecule has 3 rings (SSSR count). The highest BCUT2D eigenvalue weighted by Crippen LogP contribution is 2.31. The first-order chi connectivity index (χ1) is 14.5. The van der Waals surface area contributed by atoms with E-state index in [1.165, 1.54) is 18.9 Å². The first-order valence-corrected chi connectivity index (χ1v) is 10.7. The lowest BCUT2D eigenvalue weighted by Gasteiger charge is -2.18. The summed E-state index contributed by atoms with van der Waals surface area (Å²) in [4.78, 5) is 23.6. The number of carbonyl (C=O) groups is 1. The highest BCUT2D eigenvalue weighted by Gasteiger charge is 2.23. The molecule has 0 unspecified atom stereocenters. The fourth-order valence-electron chi connectivity index (χ4n) is 2.69. The van der Waals surface area contributed by atoms with Gasteiger partial charge in [-0.2, -0.15) is 4.98 Å². The van der Waals surface area contributed by atoms with Crippen molar-refractivity contribution in [2.75, 3.05) is 31.4 Å². The number of carbonyl (C=O) groups excluding carboxylic acids is 1. The molecule has 0 saturated carbocycles. The molecular weight excluding hydrogens is 420 g/mol. The molecule has 8 heteroatoms. The van der Waals surface area contributed by atoms with E-state index in [0.717, 1.165) is 11.1 Å². The van der Waals surface area contributed by atoms with Crippen LogP contribution in [0.25, 0.3) is 0 Å². The maximum Gasteiger partial charge on any atom is 0.344 e. The van der Waals surface area contributed by atoms with Crippen molar-refractivity contribution >= 4 is 41.1 Å². The monoisotopic (exact) mass is 442 g/mol. The Hall–Kier alpha value is -2.77. The summed E-state index contributed by atoms with van der Waals surface area (Å²) in [5.41, 5.74) is 2.35. The molecule has 156 valence electrons. The van der Waals surface area contributed by atoms with Gasteiger partial charge in [0.15, 0.2) is 0 Å². The molecule has 1 N–H and O–H groups in total. The zero-order valence-corrected chi connectivity index (χ0v) is 18.6. The molecule has 3 aromatic rings. The largest absolute Gasteiger partial charge is 0.465 e. The third-order valence-electron chi connectivity index (χ3n) is 4.28. The van der Waals surface area contributed by atoms with E-state index in [-0.39, 0.29) is 0 Å². The van der Waals surface area contributed by atoms with Crippen LogP contribution in [-0.2, 0) is 17.0 Å². The van der Waals surface area contributed by atoms with Crippen LogP contribution < -0.4 is 10.2 Å². The minimum atomic E-state index is -0.488. The predicted octanol–water partition coefficient (Wildman–Crippen LogP) is 4.89. The number of rotatable bonds is 8. The highest BCUT2D eigenvalue weighted by molar-refractivity contribution is 7.98. The fourth-order valence-corrected chi connectivity index (χ4v) is 3.86. The summed E-state index contributed by atoms with van der Waals surface area (Å²) in [6.07, 6.45) is 0. The number of halogens is 1. The smallest absolute Gasteiger partial charge is 0.344 e. The topological polar surface area (TPSA) is 67.3 Å². The van der Waals surface area contributed by atoms with Crippen molar-refractivity contribution in [1.29, 1.82) is 0 Å². The maximum absolute atomic E-state index is 12.6. The third-order valence-corrected chi connectivity index (χ3v) is 5.69. The van der Waals surface area contributed by atoms with E-state index in [2.05, 4.69) is 15.3 Å². The van der Waals surface area contributed by atoms with Gasteiger partial charge in [-0.3, -0.25) is 0 Å². The predicted molar refractivity (Wildman–Crippen MR) is 122 cm³/mol. The SMILES string of the molecule is COC(=O)c1c(NCc2ccccc2Cl)nc(N(C)C)nc1SCc1ccccc1. The summed E-state index contributed by atoms with van der Waals surface area (Å²) >= 11 is 7.74. The molecule has 0 radical (unpaired) electrons. The van der Waals surface area contributed by atoms with Gasteiger partial charge >= 0.3 is 5.97 Å². The van der Waals surface area contributed by atoms with Gasteiger partial charge < -0.3 is 15.0 Å². The van der Waals surface area contributed by atoms with Crippen molar-refractivity contribution in [1.82, 2.24) is 9.97 Å². The van der Waals surface area contributed by atoms with Crippen LogP contribution in [0.15, 0.2) is 59.6 Å². The maximum atomic E-state index is 12.6. The summed E-state index contributed by atoms with van der Waals surface area (Å²) in [7, 11) is 5.07. The lowest BCUT2D eigenvalue weighted by molar-refractivity contribution is 0.0596. The second kappa shape index (κ2) is 10.3. The number of hydrogen-bond acceptors (Lipinski definition) is 7. The zero-order valence-electron chi connectivity index (χ0n) is 17.1. The van der Waals surface area contributed by atoms with Gasteiger partial charge in [-0.15, -0.1) is 11.8 Å². The van der Waals surface area contributed by atoms with Crippen molar-refractivity contribution in [3.8, 4) is 0 Å². The van der Waals surface area contributed by atoms with Crippen LogP contribution in [0.1, 0.15) is 21.5 Å². The Morgan fingerprint density at radius 1 is 1.10 bits per heavy atom. The molecule has 0 saturated heterocycles. The number of methoxy groups -OCH3 is 1. The minimum absolute atomic E-state index is 0.316. The van der Waals surface area contributed by atoms with Gasteiger partial charge in [-0.25, -0.2) is 9.78 Å². The van der Waals surface area contributed by atoms with Crippen molar-refractivity contribution in [3.63, 3.8) is 0 Å². The molecule has 0 amide bonds. The highest BCUT2D eigenvalue weighted by atomic mass is 35.5. The average molecular weight is 443 g/mol. The van der Waals surface area contributed by atoms with Crippen molar-refractivity contribution in [3.05, 3.63) is 76.3 Å². The first-order valence-electron chi connectivity index (χ1n) is 9.31. The van der Waals surface area contributed by atoms with E-state index in [1.807, 2.05) is 68.7 Å². The number of esters is 1. The second-order valence-electron chi connectivity index (χ2n) is 6.66. The Labute approximate surface area is 185 Å². The molecule has 30 heavy (non-hydrogen) atoms. The van der Waals surface area contributed by atoms with Crippen molar-refractivity contribution in [2.24, 2.45) is 0 Å². The van der Waals surface area contributed by atoms with Crippen LogP contribution in [0.4, 0.5) is 11.8 Å². The summed E-state index contributed by atoms with van der Waals surface area (Å²) in [6, 6.07) is 17.6. The molecule has 0 aliphatic heterocycles. The molecule has 0 aliphatic carbocycles. The van der Waals surface area contributed by atoms with Crippen LogP contribution in [0.3, 0.4) is 0 Å². The number of ether oxygens (including phenoxy) is 1. The Morgan fingerprint density at radius 3 is 2.47 bits per heavy atom. The van der Waals surface area contributed by atoms with E-state index in [0.29, 0.717) is 39.7 Å². The van der Waals surface area contributed by atoms with Gasteiger partial charge in [0.25, 0.3) is 0 Å². The number of nitrogens with zero attached hydrogens (tertiary/aromatic N) is 3. The molecule has 0 atom stereocenters. The standard InChI is InChI=1S/C22H23ClN4O2S/c1-27(2)22-25-19(24-13-16-11-7-8-12-17(16)23)18(21(28)29-3)20(26-22)30-14-15-9-5-4-6-10-15/h4-12H,13-14H2,1-3H3,(H,24,25,26). The van der Waals surface area contributed by atoms with Crippen molar-refractivity contribution < 1.29 is 9.53 Å². The van der Waals surface area contributed by atoms with Gasteiger partial charge in [0.1, 0.15) is 16.4 Å². The van der Waals surface area contributed by atoms with E-state index in [9.17, 15) is 4.79 Å². The number of benzene rings is 2. The summed E-state index contributed by atoms with van der Waals surface area (Å²) in [6.45, 7) is 0.413. The molecule has 1 aromatic heterocycles. The molecule has 0 aliphatic rings. The molecule has 6 nitrogen and oxygen atoms in total. The first kappa shape index (κ1) is 21.9. The Balaban J connectivity index is 1.97. The van der Waals surface area contributed by atoms with Gasteiger partial charge in [0.2, 0.25) is 5.95 Å². The summed E-state index contributed by atoms with van der Waals surface area (Å²) < 4.78 is 5.03. The zero-order chi connectivity index (χ0) is 21.5. The van der Waals surface area contributed by atoms with E-state index < -0.39 is 5.97 Å². The number of aromatic nitrogens is 2. The molecular formula is C22H23ClN4O2S. The normalized spacial score (nSPS) is 10.5. The molecule has 0 bridgehead atoms. The number of nitrogens with one attached hydrogen (secondary N) is 1. The van der Waals surface area contributed by atoms with Crippen LogP contribution in [0.5, 0.6) is 0 Å².